The van der Waals surface area contributed by atoms with Crippen LogP contribution in [0.1, 0.15) is 64.3 Å². The van der Waals surface area contributed by atoms with Gasteiger partial charge in [-0.05, 0) is 72.9 Å². The molecule has 0 saturated heterocycles. The average molecular weight is 465 g/mol. The van der Waals surface area contributed by atoms with Crippen LogP contribution >= 0.6 is 11.6 Å². The van der Waals surface area contributed by atoms with E-state index in [1.54, 1.807) is 24.3 Å². The minimum absolute atomic E-state index is 0.0744. The number of carboxylic acid groups (broad SMARTS) is 1. The number of phenolic OH excluding ortho intramolecular Hbond substituents is 1. The minimum atomic E-state index is -1.17. The SMILES string of the molecule is O=C(Nc1ccc(C2CCCCC2)cc1Cl)c1cccc(Nc2ccc(O)cc2C(=O)O)c1. The molecule has 0 aromatic heterocycles. The van der Waals surface area contributed by atoms with E-state index in [-0.39, 0.29) is 17.2 Å². The van der Waals surface area contributed by atoms with E-state index in [4.69, 9.17) is 11.6 Å². The molecule has 1 saturated carbocycles. The van der Waals surface area contributed by atoms with E-state index in [0.29, 0.717) is 33.6 Å². The number of aromatic hydroxyl groups is 1. The molecule has 0 atom stereocenters. The lowest BCUT2D eigenvalue weighted by Crippen LogP contribution is -2.13. The third kappa shape index (κ3) is 5.46. The van der Waals surface area contributed by atoms with Crippen LogP contribution < -0.4 is 10.6 Å². The third-order valence-corrected chi connectivity index (χ3v) is 6.27. The average Bonchev–Trinajstić information content (AvgIpc) is 2.82. The van der Waals surface area contributed by atoms with E-state index in [0.717, 1.165) is 0 Å². The van der Waals surface area contributed by atoms with Gasteiger partial charge in [-0.3, -0.25) is 4.79 Å². The number of benzene rings is 3. The number of halogens is 1. The molecule has 0 bridgehead atoms. The fraction of sp³-hybridized carbons (Fsp3) is 0.231. The first-order valence-electron chi connectivity index (χ1n) is 10.9. The van der Waals surface area contributed by atoms with Crippen molar-refractivity contribution < 1.29 is 19.8 Å². The smallest absolute Gasteiger partial charge is 0.337 e. The molecule has 3 aromatic carbocycles. The van der Waals surface area contributed by atoms with Crippen LogP contribution in [0.25, 0.3) is 0 Å². The van der Waals surface area contributed by atoms with Crippen molar-refractivity contribution in [3.8, 4) is 5.75 Å². The van der Waals surface area contributed by atoms with Crippen molar-refractivity contribution in [3.05, 3.63) is 82.4 Å². The summed E-state index contributed by atoms with van der Waals surface area (Å²) in [6.07, 6.45) is 6.11. The van der Waals surface area contributed by atoms with Gasteiger partial charge in [0.1, 0.15) is 5.75 Å². The molecule has 6 nitrogen and oxygen atoms in total. The highest BCUT2D eigenvalue weighted by Gasteiger charge is 2.17. The van der Waals surface area contributed by atoms with Gasteiger partial charge in [-0.2, -0.15) is 0 Å². The lowest BCUT2D eigenvalue weighted by atomic mass is 9.84. The second-order valence-corrected chi connectivity index (χ2v) is 8.68. The summed E-state index contributed by atoms with van der Waals surface area (Å²) in [5.41, 5.74) is 2.92. The molecule has 33 heavy (non-hydrogen) atoms. The molecule has 4 N–H and O–H groups in total. The highest BCUT2D eigenvalue weighted by molar-refractivity contribution is 6.34. The van der Waals surface area contributed by atoms with Crippen molar-refractivity contribution in [1.29, 1.82) is 0 Å². The molecule has 0 heterocycles. The van der Waals surface area contributed by atoms with Gasteiger partial charge in [-0.15, -0.1) is 0 Å². The Labute approximate surface area is 197 Å². The van der Waals surface area contributed by atoms with Crippen LogP contribution in [0.5, 0.6) is 5.75 Å². The number of phenols is 1. The molecule has 1 fully saturated rings. The van der Waals surface area contributed by atoms with Gasteiger partial charge in [0.25, 0.3) is 5.91 Å². The molecule has 3 aromatic rings. The predicted octanol–water partition coefficient (Wildman–Crippen LogP) is 6.79. The van der Waals surface area contributed by atoms with Crippen molar-refractivity contribution in [2.24, 2.45) is 0 Å². The van der Waals surface area contributed by atoms with Crippen LogP contribution in [0.4, 0.5) is 17.1 Å². The van der Waals surface area contributed by atoms with Gasteiger partial charge in [0, 0.05) is 11.3 Å². The van der Waals surface area contributed by atoms with E-state index >= 15 is 0 Å². The molecular weight excluding hydrogens is 440 g/mol. The first kappa shape index (κ1) is 22.7. The maximum atomic E-state index is 12.9. The normalized spacial score (nSPS) is 14.0. The molecule has 1 amide bonds. The number of carbonyl (C=O) groups excluding carboxylic acids is 1. The molecule has 1 aliphatic carbocycles. The molecule has 0 aliphatic heterocycles. The fourth-order valence-corrected chi connectivity index (χ4v) is 4.47. The number of nitrogens with one attached hydrogen (secondary N) is 2. The van der Waals surface area contributed by atoms with Gasteiger partial charge in [-0.1, -0.05) is 43.0 Å². The maximum Gasteiger partial charge on any atom is 0.337 e. The Kier molecular flexibility index (Phi) is 6.84. The number of amides is 1. The zero-order valence-electron chi connectivity index (χ0n) is 18.0. The second-order valence-electron chi connectivity index (χ2n) is 8.27. The highest BCUT2D eigenvalue weighted by Crippen LogP contribution is 2.35. The summed E-state index contributed by atoms with van der Waals surface area (Å²) in [6, 6.07) is 16.6. The monoisotopic (exact) mass is 464 g/mol. The summed E-state index contributed by atoms with van der Waals surface area (Å²) in [5.74, 6) is -1.11. The number of rotatable bonds is 6. The van der Waals surface area contributed by atoms with Crippen molar-refractivity contribution in [3.63, 3.8) is 0 Å². The third-order valence-electron chi connectivity index (χ3n) is 5.96. The molecule has 0 unspecified atom stereocenters. The molecule has 0 radical (unpaired) electrons. The van der Waals surface area contributed by atoms with Gasteiger partial charge >= 0.3 is 5.97 Å². The molecular formula is C26H25ClN2O4. The number of anilines is 3. The number of hydrogen-bond donors (Lipinski definition) is 4. The molecule has 170 valence electrons. The highest BCUT2D eigenvalue weighted by atomic mass is 35.5. The van der Waals surface area contributed by atoms with Crippen molar-refractivity contribution in [1.82, 2.24) is 0 Å². The number of hydrogen-bond acceptors (Lipinski definition) is 4. The fourth-order valence-electron chi connectivity index (χ4n) is 4.23. The Morgan fingerprint density at radius 3 is 2.39 bits per heavy atom. The largest absolute Gasteiger partial charge is 0.508 e. The molecule has 0 spiro atoms. The quantitative estimate of drug-likeness (QED) is 0.301. The van der Waals surface area contributed by atoms with Gasteiger partial charge < -0.3 is 20.8 Å². The van der Waals surface area contributed by atoms with Gasteiger partial charge in [0.05, 0.1) is 22.0 Å². The maximum absolute atomic E-state index is 12.9. The summed E-state index contributed by atoms with van der Waals surface area (Å²) >= 11 is 6.48. The first-order valence-corrected chi connectivity index (χ1v) is 11.3. The van der Waals surface area contributed by atoms with Crippen LogP contribution in [-0.2, 0) is 0 Å². The lowest BCUT2D eigenvalue weighted by Gasteiger charge is -2.22. The van der Waals surface area contributed by atoms with Crippen LogP contribution in [0.3, 0.4) is 0 Å². The van der Waals surface area contributed by atoms with Crippen molar-refractivity contribution in [2.45, 2.75) is 38.0 Å². The minimum Gasteiger partial charge on any atom is -0.508 e. The summed E-state index contributed by atoms with van der Waals surface area (Å²) in [6.45, 7) is 0. The molecule has 4 rings (SSSR count). The first-order chi connectivity index (χ1) is 15.9. The zero-order chi connectivity index (χ0) is 23.4. The van der Waals surface area contributed by atoms with E-state index in [2.05, 4.69) is 10.6 Å². The molecule has 1 aliphatic rings. The molecule has 7 heteroatoms. The Bertz CT molecular complexity index is 1190. The van der Waals surface area contributed by atoms with Crippen LogP contribution in [-0.4, -0.2) is 22.1 Å². The summed E-state index contributed by atoms with van der Waals surface area (Å²) < 4.78 is 0. The van der Waals surface area contributed by atoms with E-state index < -0.39 is 5.97 Å². The van der Waals surface area contributed by atoms with Crippen molar-refractivity contribution >= 4 is 40.5 Å². The Hall–Kier alpha value is -3.51. The topological polar surface area (TPSA) is 98.7 Å². The lowest BCUT2D eigenvalue weighted by molar-refractivity contribution is 0.0697. The van der Waals surface area contributed by atoms with Crippen molar-refractivity contribution in [2.75, 3.05) is 10.6 Å². The Morgan fingerprint density at radius 2 is 1.67 bits per heavy atom. The zero-order valence-corrected chi connectivity index (χ0v) is 18.7. The van der Waals surface area contributed by atoms with Crippen LogP contribution in [0.15, 0.2) is 60.7 Å². The van der Waals surface area contributed by atoms with Gasteiger partial charge in [0.2, 0.25) is 0 Å². The van der Waals surface area contributed by atoms with Crippen LogP contribution in [0, 0.1) is 0 Å². The van der Waals surface area contributed by atoms with Gasteiger partial charge in [0.15, 0.2) is 0 Å². The van der Waals surface area contributed by atoms with Gasteiger partial charge in [-0.25, -0.2) is 4.79 Å². The summed E-state index contributed by atoms with van der Waals surface area (Å²) in [4.78, 5) is 24.3. The second kappa shape index (κ2) is 9.96. The van der Waals surface area contributed by atoms with E-state index in [9.17, 15) is 19.8 Å². The number of carbonyl (C=O) groups is 2. The summed E-state index contributed by atoms with van der Waals surface area (Å²) in [7, 11) is 0. The predicted molar refractivity (Wildman–Crippen MR) is 130 cm³/mol. The number of carboxylic acids is 1. The Morgan fingerprint density at radius 1 is 0.909 bits per heavy atom. The van der Waals surface area contributed by atoms with E-state index in [1.807, 2.05) is 18.2 Å². The number of aromatic carboxylic acids is 1. The van der Waals surface area contributed by atoms with Crippen LogP contribution in [0.2, 0.25) is 5.02 Å². The Balaban J connectivity index is 1.49. The standard InChI is InChI=1S/C26H25ClN2O4/c27-22-14-17(16-5-2-1-3-6-16)9-11-24(22)29-25(31)18-7-4-8-19(13-18)28-23-12-10-20(30)15-21(23)26(32)33/h4,7-16,28,30H,1-3,5-6H2,(H,29,31)(H,32,33). The van der Waals surface area contributed by atoms with E-state index in [1.165, 1.54) is 55.9 Å². The summed E-state index contributed by atoms with van der Waals surface area (Å²) in [5, 5.41) is 25.3.